The van der Waals surface area contributed by atoms with E-state index in [0.717, 1.165) is 16.6 Å². The number of ether oxygens (including phenoxy) is 1. The van der Waals surface area contributed by atoms with Gasteiger partial charge in [0.2, 0.25) is 0 Å². The maximum atomic E-state index is 14.7. The zero-order chi connectivity index (χ0) is 19.1. The molecule has 0 saturated heterocycles. The van der Waals surface area contributed by atoms with Crippen LogP contribution in [0.3, 0.4) is 0 Å². The lowest BCUT2D eigenvalue weighted by Gasteiger charge is -2.10. The van der Waals surface area contributed by atoms with Crippen LogP contribution >= 0.6 is 0 Å². The minimum atomic E-state index is -1.02. The van der Waals surface area contributed by atoms with Crippen LogP contribution in [0.5, 0.6) is 5.75 Å². The van der Waals surface area contributed by atoms with Crippen molar-refractivity contribution in [2.45, 2.75) is 13.2 Å². The molecule has 1 aliphatic rings. The van der Waals surface area contributed by atoms with Crippen molar-refractivity contribution in [1.29, 1.82) is 0 Å². The van der Waals surface area contributed by atoms with Gasteiger partial charge in [-0.15, -0.1) is 0 Å². The van der Waals surface area contributed by atoms with E-state index in [0.29, 0.717) is 29.1 Å². The van der Waals surface area contributed by atoms with Gasteiger partial charge in [0.05, 0.1) is 23.5 Å². The van der Waals surface area contributed by atoms with Gasteiger partial charge in [0, 0.05) is 17.8 Å². The van der Waals surface area contributed by atoms with Crippen LogP contribution in [0.4, 0.5) is 4.39 Å². The Morgan fingerprint density at radius 2 is 2.14 bits per heavy atom. The average molecular weight is 375 g/mol. The number of hydrogen-bond acceptors (Lipinski definition) is 5. The highest BCUT2D eigenvalue weighted by Crippen LogP contribution is 2.27. The summed E-state index contributed by atoms with van der Waals surface area (Å²) in [5.74, 6) is 0.333. The van der Waals surface area contributed by atoms with Crippen molar-refractivity contribution < 1.29 is 18.8 Å². The molecule has 3 heterocycles. The molecule has 4 aromatic rings. The Kier molecular flexibility index (Phi) is 4.07. The van der Waals surface area contributed by atoms with E-state index < -0.39 is 7.12 Å². The minimum absolute atomic E-state index is 0.215. The average Bonchev–Trinajstić information content (AvgIpc) is 3.29. The molecule has 28 heavy (non-hydrogen) atoms. The Morgan fingerprint density at radius 3 is 3.00 bits per heavy atom. The number of nitrogens with zero attached hydrogens (tertiary/aromatic N) is 3. The zero-order valence-corrected chi connectivity index (χ0v) is 14.7. The van der Waals surface area contributed by atoms with Crippen LogP contribution in [-0.4, -0.2) is 26.7 Å². The van der Waals surface area contributed by atoms with E-state index in [2.05, 4.69) is 9.97 Å². The first kappa shape index (κ1) is 16.9. The second-order valence-corrected chi connectivity index (χ2v) is 6.56. The van der Waals surface area contributed by atoms with Crippen molar-refractivity contribution in [2.75, 3.05) is 0 Å². The predicted octanol–water partition coefficient (Wildman–Crippen LogP) is 2.36. The summed E-state index contributed by atoms with van der Waals surface area (Å²) in [6, 6.07) is 12.4. The van der Waals surface area contributed by atoms with E-state index >= 15 is 0 Å². The molecule has 0 amide bonds. The fraction of sp³-hybridized carbons (Fsp3) is 0.100. The first-order chi connectivity index (χ1) is 13.7. The molecule has 0 fully saturated rings. The molecule has 0 saturated carbocycles. The minimum Gasteiger partial charge on any atom is -0.487 e. The summed E-state index contributed by atoms with van der Waals surface area (Å²) in [6.07, 6.45) is 4.95. The van der Waals surface area contributed by atoms with Gasteiger partial charge >= 0.3 is 7.12 Å². The molecule has 8 heteroatoms. The van der Waals surface area contributed by atoms with Gasteiger partial charge in [-0.1, -0.05) is 0 Å². The Bertz CT molecular complexity index is 1170. The highest BCUT2D eigenvalue weighted by Gasteiger charge is 2.29. The standard InChI is InChI=1S/C20H15BFN3O3/c22-18-8-14-10-28-21(26)17(14)9-20(18)25-6-4-13-7-16(1-2-19(13)25)27-11-15-3-5-23-12-24-15/h1-9,12,26H,10-11H2. The molecule has 0 aliphatic carbocycles. The van der Waals surface area contributed by atoms with E-state index in [1.54, 1.807) is 29.1 Å². The molecule has 0 bridgehead atoms. The number of aromatic nitrogens is 3. The molecular formula is C20H15BFN3O3. The number of hydrogen-bond donors (Lipinski definition) is 1. The third-order valence-corrected chi connectivity index (χ3v) is 4.82. The van der Waals surface area contributed by atoms with E-state index in [4.69, 9.17) is 9.39 Å². The molecule has 6 nitrogen and oxygen atoms in total. The Hall–Kier alpha value is -3.23. The van der Waals surface area contributed by atoms with Crippen molar-refractivity contribution in [1.82, 2.24) is 14.5 Å². The molecule has 138 valence electrons. The SMILES string of the molecule is OB1OCc2cc(F)c(-n3ccc4cc(OCc5ccncn5)ccc43)cc21. The lowest BCUT2D eigenvalue weighted by molar-refractivity contribution is 0.275. The van der Waals surface area contributed by atoms with Crippen molar-refractivity contribution >= 4 is 23.5 Å². The fourth-order valence-corrected chi connectivity index (χ4v) is 3.40. The first-order valence-electron chi connectivity index (χ1n) is 8.80. The third kappa shape index (κ3) is 2.92. The van der Waals surface area contributed by atoms with Crippen molar-refractivity contribution in [3.05, 3.63) is 78.3 Å². The quantitative estimate of drug-likeness (QED) is 0.555. The van der Waals surface area contributed by atoms with Gasteiger partial charge < -0.3 is 19.0 Å². The molecule has 2 aromatic heterocycles. The molecule has 1 aliphatic heterocycles. The molecule has 0 radical (unpaired) electrons. The maximum Gasteiger partial charge on any atom is 0.491 e. The van der Waals surface area contributed by atoms with Gasteiger partial charge in [-0.3, -0.25) is 0 Å². The van der Waals surface area contributed by atoms with Crippen LogP contribution in [-0.2, 0) is 17.9 Å². The van der Waals surface area contributed by atoms with Gasteiger partial charge in [0.15, 0.2) is 0 Å². The smallest absolute Gasteiger partial charge is 0.487 e. The highest BCUT2D eigenvalue weighted by atomic mass is 19.1. The second-order valence-electron chi connectivity index (χ2n) is 6.56. The van der Waals surface area contributed by atoms with E-state index in [1.165, 1.54) is 12.4 Å². The summed E-state index contributed by atoms with van der Waals surface area (Å²) in [5.41, 5.74) is 3.26. The fourth-order valence-electron chi connectivity index (χ4n) is 3.40. The molecule has 0 spiro atoms. The van der Waals surface area contributed by atoms with Crippen molar-refractivity contribution in [3.8, 4) is 11.4 Å². The Morgan fingerprint density at radius 1 is 1.21 bits per heavy atom. The number of benzene rings is 2. The van der Waals surface area contributed by atoms with Crippen LogP contribution in [0.2, 0.25) is 0 Å². The summed E-state index contributed by atoms with van der Waals surface area (Å²) in [5, 5.41) is 10.8. The lowest BCUT2D eigenvalue weighted by atomic mass is 9.79. The topological polar surface area (TPSA) is 69.4 Å². The van der Waals surface area contributed by atoms with Gasteiger partial charge in [-0.2, -0.15) is 0 Å². The second kappa shape index (κ2) is 6.74. The van der Waals surface area contributed by atoms with Crippen LogP contribution < -0.4 is 10.2 Å². The molecule has 0 unspecified atom stereocenters. The van der Waals surface area contributed by atoms with Crippen LogP contribution in [0.15, 0.2) is 61.2 Å². The molecule has 1 N–H and O–H groups in total. The van der Waals surface area contributed by atoms with Crippen LogP contribution in [0.1, 0.15) is 11.3 Å². The molecule has 0 atom stereocenters. The molecule has 2 aromatic carbocycles. The number of fused-ring (bicyclic) bond motifs is 2. The summed E-state index contributed by atoms with van der Waals surface area (Å²) < 4.78 is 27.4. The summed E-state index contributed by atoms with van der Waals surface area (Å²) in [4.78, 5) is 8.01. The Labute approximate surface area is 160 Å². The van der Waals surface area contributed by atoms with Gasteiger partial charge in [-0.25, -0.2) is 14.4 Å². The van der Waals surface area contributed by atoms with Crippen LogP contribution in [0, 0.1) is 5.82 Å². The maximum absolute atomic E-state index is 14.7. The van der Waals surface area contributed by atoms with Gasteiger partial charge in [0.1, 0.15) is 24.5 Å². The number of halogens is 1. The summed E-state index contributed by atoms with van der Waals surface area (Å²) >= 11 is 0. The molecular weight excluding hydrogens is 360 g/mol. The van der Waals surface area contributed by atoms with Gasteiger partial charge in [0.25, 0.3) is 0 Å². The third-order valence-electron chi connectivity index (χ3n) is 4.82. The lowest BCUT2D eigenvalue weighted by Crippen LogP contribution is -2.28. The number of rotatable bonds is 4. The van der Waals surface area contributed by atoms with Crippen molar-refractivity contribution in [3.63, 3.8) is 0 Å². The first-order valence-corrected chi connectivity index (χ1v) is 8.80. The van der Waals surface area contributed by atoms with E-state index in [1.807, 2.05) is 24.3 Å². The largest absolute Gasteiger partial charge is 0.491 e. The zero-order valence-electron chi connectivity index (χ0n) is 14.7. The van der Waals surface area contributed by atoms with Crippen LogP contribution in [0.25, 0.3) is 16.6 Å². The van der Waals surface area contributed by atoms with E-state index in [-0.39, 0.29) is 12.4 Å². The monoisotopic (exact) mass is 375 g/mol. The normalized spacial score (nSPS) is 13.1. The summed E-state index contributed by atoms with van der Waals surface area (Å²) in [7, 11) is -1.02. The molecule has 5 rings (SSSR count). The predicted molar refractivity (Wildman–Crippen MR) is 102 cm³/mol. The van der Waals surface area contributed by atoms with Crippen molar-refractivity contribution in [2.24, 2.45) is 0 Å². The van der Waals surface area contributed by atoms with Gasteiger partial charge in [-0.05, 0) is 53.5 Å². The highest BCUT2D eigenvalue weighted by molar-refractivity contribution is 6.61. The van der Waals surface area contributed by atoms with E-state index in [9.17, 15) is 9.41 Å². The Balaban J connectivity index is 1.47. The summed E-state index contributed by atoms with van der Waals surface area (Å²) in [6.45, 7) is 0.555.